The summed E-state index contributed by atoms with van der Waals surface area (Å²) in [5, 5.41) is 16.5. The van der Waals surface area contributed by atoms with Crippen LogP contribution in [0.15, 0.2) is 24.4 Å². The van der Waals surface area contributed by atoms with E-state index >= 15 is 0 Å². The zero-order valence-corrected chi connectivity index (χ0v) is 11.5. The van der Waals surface area contributed by atoms with Gasteiger partial charge in [-0.1, -0.05) is 0 Å². The lowest BCUT2D eigenvalue weighted by atomic mass is 10.0. The van der Waals surface area contributed by atoms with Crippen LogP contribution in [0.4, 0.5) is 14.6 Å². The Balaban J connectivity index is 1.97. The van der Waals surface area contributed by atoms with Crippen molar-refractivity contribution in [1.82, 2.24) is 9.78 Å². The van der Waals surface area contributed by atoms with Crippen LogP contribution in [-0.4, -0.2) is 28.0 Å². The maximum Gasteiger partial charge on any atom is 0.128 e. The van der Waals surface area contributed by atoms with Gasteiger partial charge in [-0.15, -0.1) is 0 Å². The maximum atomic E-state index is 14.0. The largest absolute Gasteiger partial charge is 0.396 e. The second-order valence-electron chi connectivity index (χ2n) is 5.19. The van der Waals surface area contributed by atoms with Gasteiger partial charge in [0.1, 0.15) is 17.5 Å². The van der Waals surface area contributed by atoms with Gasteiger partial charge in [0, 0.05) is 24.3 Å². The molecule has 2 N–H and O–H groups in total. The fourth-order valence-corrected chi connectivity index (χ4v) is 2.79. The van der Waals surface area contributed by atoms with E-state index in [-0.39, 0.29) is 12.6 Å². The predicted octanol–water partition coefficient (Wildman–Crippen LogP) is 2.49. The van der Waals surface area contributed by atoms with Gasteiger partial charge in [-0.05, 0) is 37.5 Å². The Morgan fingerprint density at radius 3 is 3.05 bits per heavy atom. The van der Waals surface area contributed by atoms with E-state index < -0.39 is 11.6 Å². The molecule has 6 heteroatoms. The first-order valence-electron chi connectivity index (χ1n) is 7.06. The van der Waals surface area contributed by atoms with Gasteiger partial charge in [0.15, 0.2) is 0 Å². The van der Waals surface area contributed by atoms with Crippen LogP contribution < -0.4 is 5.32 Å². The molecule has 1 aromatic carbocycles. The number of halogens is 2. The van der Waals surface area contributed by atoms with E-state index in [1.807, 2.05) is 0 Å². The molecule has 0 saturated carbocycles. The van der Waals surface area contributed by atoms with Crippen LogP contribution in [0.3, 0.4) is 0 Å². The number of fused-ring (bicyclic) bond motifs is 1. The summed E-state index contributed by atoms with van der Waals surface area (Å²) in [6.45, 7) is 0.797. The second-order valence-corrected chi connectivity index (χ2v) is 5.19. The van der Waals surface area contributed by atoms with E-state index in [0.29, 0.717) is 31.4 Å². The Morgan fingerprint density at radius 1 is 1.38 bits per heavy atom. The quantitative estimate of drug-likeness (QED) is 0.910. The fraction of sp³-hybridized carbons (Fsp3) is 0.400. The van der Waals surface area contributed by atoms with Gasteiger partial charge in [0.05, 0.1) is 12.2 Å². The van der Waals surface area contributed by atoms with Crippen molar-refractivity contribution in [2.45, 2.75) is 25.3 Å². The molecular formula is C15H17F2N3O. The van der Waals surface area contributed by atoms with Crippen molar-refractivity contribution in [1.29, 1.82) is 0 Å². The molecule has 0 aliphatic carbocycles. The Morgan fingerprint density at radius 2 is 2.24 bits per heavy atom. The van der Waals surface area contributed by atoms with Crippen molar-refractivity contribution >= 4 is 5.82 Å². The highest BCUT2D eigenvalue weighted by atomic mass is 19.1. The maximum absolute atomic E-state index is 14.0. The van der Waals surface area contributed by atoms with Gasteiger partial charge < -0.3 is 10.4 Å². The SMILES string of the molecule is OCCCc1cnn2c1NCCC2c1cc(F)ccc1F. The summed E-state index contributed by atoms with van der Waals surface area (Å²) in [5.41, 5.74) is 1.32. The van der Waals surface area contributed by atoms with Crippen LogP contribution in [0, 0.1) is 11.6 Å². The summed E-state index contributed by atoms with van der Waals surface area (Å²) in [6.07, 6.45) is 3.73. The third-order valence-corrected chi connectivity index (χ3v) is 3.80. The zero-order chi connectivity index (χ0) is 14.8. The summed E-state index contributed by atoms with van der Waals surface area (Å²) in [6, 6.07) is 3.21. The van der Waals surface area contributed by atoms with Crippen LogP contribution >= 0.6 is 0 Å². The average molecular weight is 293 g/mol. The first kappa shape index (κ1) is 14.0. The molecule has 1 aromatic heterocycles. The predicted molar refractivity (Wildman–Crippen MR) is 75.2 cm³/mol. The van der Waals surface area contributed by atoms with Crippen LogP contribution in [0.5, 0.6) is 0 Å². The molecule has 1 aliphatic heterocycles. The van der Waals surface area contributed by atoms with Crippen molar-refractivity contribution in [3.8, 4) is 0 Å². The van der Waals surface area contributed by atoms with Crippen LogP contribution in [0.2, 0.25) is 0 Å². The van der Waals surface area contributed by atoms with Crippen LogP contribution in [0.25, 0.3) is 0 Å². The summed E-state index contributed by atoms with van der Waals surface area (Å²) >= 11 is 0. The van der Waals surface area contributed by atoms with Crippen molar-refractivity contribution < 1.29 is 13.9 Å². The van der Waals surface area contributed by atoms with Gasteiger partial charge >= 0.3 is 0 Å². The number of benzene rings is 1. The molecule has 1 aliphatic rings. The molecule has 0 fully saturated rings. The minimum atomic E-state index is -0.445. The number of hydrogen-bond acceptors (Lipinski definition) is 3. The molecule has 112 valence electrons. The van der Waals surface area contributed by atoms with Gasteiger partial charge in [-0.2, -0.15) is 5.10 Å². The number of nitrogens with one attached hydrogen (secondary N) is 1. The van der Waals surface area contributed by atoms with Crippen molar-refractivity contribution in [3.05, 3.63) is 47.2 Å². The molecule has 1 unspecified atom stereocenters. The number of rotatable bonds is 4. The smallest absolute Gasteiger partial charge is 0.128 e. The van der Waals surface area contributed by atoms with Gasteiger partial charge in [-0.3, -0.25) is 0 Å². The van der Waals surface area contributed by atoms with E-state index in [4.69, 9.17) is 5.11 Å². The third kappa shape index (κ3) is 2.63. The molecule has 1 atom stereocenters. The van der Waals surface area contributed by atoms with E-state index in [2.05, 4.69) is 10.4 Å². The summed E-state index contributed by atoms with van der Waals surface area (Å²) in [4.78, 5) is 0. The standard InChI is InChI=1S/C15H17F2N3O/c16-11-3-4-13(17)12(8-11)14-5-6-18-15-10(2-1-7-21)9-19-20(14)15/h3-4,8-9,14,18,21H,1-2,5-7H2. The average Bonchev–Trinajstić information content (AvgIpc) is 2.91. The molecular weight excluding hydrogens is 276 g/mol. The number of aryl methyl sites for hydroxylation is 1. The number of nitrogens with zero attached hydrogens (tertiary/aromatic N) is 2. The monoisotopic (exact) mass is 293 g/mol. The molecule has 0 amide bonds. The topological polar surface area (TPSA) is 50.1 Å². The van der Waals surface area contributed by atoms with E-state index in [9.17, 15) is 8.78 Å². The number of aliphatic hydroxyl groups excluding tert-OH is 1. The molecule has 2 aromatic rings. The van der Waals surface area contributed by atoms with Gasteiger partial charge in [0.25, 0.3) is 0 Å². The molecule has 0 saturated heterocycles. The zero-order valence-electron chi connectivity index (χ0n) is 11.5. The number of hydrogen-bond donors (Lipinski definition) is 2. The Kier molecular flexibility index (Phi) is 3.88. The highest BCUT2D eigenvalue weighted by Crippen LogP contribution is 2.33. The highest BCUT2D eigenvalue weighted by Gasteiger charge is 2.26. The molecule has 4 nitrogen and oxygen atoms in total. The Labute approximate surface area is 121 Å². The lowest BCUT2D eigenvalue weighted by molar-refractivity contribution is 0.288. The summed E-state index contributed by atoms with van der Waals surface area (Å²) in [7, 11) is 0. The van der Waals surface area contributed by atoms with Crippen molar-refractivity contribution in [3.63, 3.8) is 0 Å². The minimum Gasteiger partial charge on any atom is -0.396 e. The fourth-order valence-electron chi connectivity index (χ4n) is 2.79. The van der Waals surface area contributed by atoms with E-state index in [1.54, 1.807) is 10.9 Å². The lowest BCUT2D eigenvalue weighted by Crippen LogP contribution is -2.25. The minimum absolute atomic E-state index is 0.118. The normalized spacial score (nSPS) is 17.4. The van der Waals surface area contributed by atoms with Gasteiger partial charge in [0.2, 0.25) is 0 Å². The van der Waals surface area contributed by atoms with E-state index in [1.165, 1.54) is 6.07 Å². The second kappa shape index (κ2) is 5.81. The molecule has 3 rings (SSSR count). The molecule has 21 heavy (non-hydrogen) atoms. The lowest BCUT2D eigenvalue weighted by Gasteiger charge is -2.27. The van der Waals surface area contributed by atoms with Crippen LogP contribution in [-0.2, 0) is 6.42 Å². The summed E-state index contributed by atoms with van der Waals surface area (Å²) < 4.78 is 29.1. The van der Waals surface area contributed by atoms with Crippen molar-refractivity contribution in [2.24, 2.45) is 0 Å². The van der Waals surface area contributed by atoms with E-state index in [0.717, 1.165) is 23.5 Å². The third-order valence-electron chi connectivity index (χ3n) is 3.80. The number of aliphatic hydroxyl groups is 1. The van der Waals surface area contributed by atoms with Gasteiger partial charge in [-0.25, -0.2) is 13.5 Å². The first-order valence-corrected chi connectivity index (χ1v) is 7.06. The Bertz CT molecular complexity index is 642. The summed E-state index contributed by atoms with van der Waals surface area (Å²) in [5.74, 6) is -0.0239. The molecule has 2 heterocycles. The number of anilines is 1. The highest BCUT2D eigenvalue weighted by molar-refractivity contribution is 5.47. The van der Waals surface area contributed by atoms with Crippen LogP contribution in [0.1, 0.15) is 30.0 Å². The van der Waals surface area contributed by atoms with Crippen molar-refractivity contribution in [2.75, 3.05) is 18.5 Å². The number of aromatic nitrogens is 2. The molecule has 0 spiro atoms. The Hall–Kier alpha value is -1.95. The molecule has 0 bridgehead atoms. The molecule has 0 radical (unpaired) electrons. The first-order chi connectivity index (χ1) is 10.2.